The van der Waals surface area contributed by atoms with Crippen LogP contribution in [0.4, 0.5) is 0 Å². The molecule has 2 atom stereocenters. The molecule has 2 unspecified atom stereocenters. The van der Waals surface area contributed by atoms with Crippen molar-refractivity contribution in [2.45, 2.75) is 95.8 Å². The molecule has 0 radical (unpaired) electrons. The molecule has 3 heterocycles. The molecule has 0 aromatic carbocycles. The van der Waals surface area contributed by atoms with Gasteiger partial charge in [0.15, 0.2) is 0 Å². The topological polar surface area (TPSA) is 35.9 Å². The summed E-state index contributed by atoms with van der Waals surface area (Å²) in [6.45, 7) is 13.1. The lowest BCUT2D eigenvalue weighted by Gasteiger charge is -2.38. The van der Waals surface area contributed by atoms with Gasteiger partial charge in [0, 0.05) is 12.0 Å². The number of hydrogen-bond donors (Lipinski definition) is 1. The zero-order valence-corrected chi connectivity index (χ0v) is 14.4. The summed E-state index contributed by atoms with van der Waals surface area (Å²) in [5, 5.41) is 14.3. The lowest BCUT2D eigenvalue weighted by molar-refractivity contribution is -0.211. The van der Waals surface area contributed by atoms with Gasteiger partial charge >= 0.3 is 0 Å². The molecule has 0 amide bonds. The van der Waals surface area contributed by atoms with E-state index < -0.39 is 0 Å². The molecule has 21 heavy (non-hydrogen) atoms. The molecule has 0 aromatic heterocycles. The predicted molar refractivity (Wildman–Crippen MR) is 82.7 cm³/mol. The van der Waals surface area contributed by atoms with Gasteiger partial charge in [-0.25, -0.2) is 0 Å². The van der Waals surface area contributed by atoms with Gasteiger partial charge in [-0.1, -0.05) is 0 Å². The van der Waals surface area contributed by atoms with Crippen molar-refractivity contribution in [3.05, 3.63) is 11.8 Å². The van der Waals surface area contributed by atoms with Crippen LogP contribution in [0.3, 0.4) is 0 Å². The zero-order valence-electron chi connectivity index (χ0n) is 14.4. The van der Waals surface area contributed by atoms with E-state index >= 15 is 0 Å². The minimum atomic E-state index is -0.227. The Kier molecular flexibility index (Phi) is 3.09. The molecule has 0 saturated carbocycles. The normalized spacial score (nSPS) is 42.0. The summed E-state index contributed by atoms with van der Waals surface area (Å²) in [5.74, 6) is 1.02. The van der Waals surface area contributed by atoms with Crippen LogP contribution in [0.15, 0.2) is 11.8 Å². The second-order valence-electron chi connectivity index (χ2n) is 8.96. The van der Waals surface area contributed by atoms with E-state index in [-0.39, 0.29) is 22.2 Å². The van der Waals surface area contributed by atoms with Gasteiger partial charge in [0.1, 0.15) is 5.76 Å². The molecule has 2 saturated heterocycles. The third-order valence-corrected chi connectivity index (χ3v) is 5.85. The number of nitrogens with zero attached hydrogens (tertiary/aromatic N) is 2. The number of hydrogen-bond acceptors (Lipinski definition) is 4. The zero-order chi connectivity index (χ0) is 15.7. The molecule has 4 nitrogen and oxygen atoms in total. The molecule has 1 N–H and O–H groups in total. The third-order valence-electron chi connectivity index (χ3n) is 5.85. The van der Waals surface area contributed by atoms with Gasteiger partial charge < -0.3 is 10.0 Å². The first-order valence-corrected chi connectivity index (χ1v) is 8.18. The van der Waals surface area contributed by atoms with E-state index in [0.29, 0.717) is 0 Å². The number of rotatable bonds is 2. The first kappa shape index (κ1) is 15.3. The maximum atomic E-state index is 10.5. The quantitative estimate of drug-likeness (QED) is 0.839. The molecular weight excluding hydrogens is 264 g/mol. The van der Waals surface area contributed by atoms with Crippen LogP contribution in [0.5, 0.6) is 0 Å². The van der Waals surface area contributed by atoms with Crippen LogP contribution in [0.25, 0.3) is 0 Å². The van der Waals surface area contributed by atoms with Crippen molar-refractivity contribution in [1.29, 1.82) is 0 Å². The van der Waals surface area contributed by atoms with Crippen LogP contribution >= 0.6 is 0 Å². The fourth-order valence-electron chi connectivity index (χ4n) is 4.44. The smallest absolute Gasteiger partial charge is 0.124 e. The van der Waals surface area contributed by atoms with Crippen LogP contribution in [-0.2, 0) is 4.84 Å². The Morgan fingerprint density at radius 1 is 1.00 bits per heavy atom. The highest BCUT2D eigenvalue weighted by atomic mass is 16.7. The Bertz CT molecular complexity index is 485. The third kappa shape index (κ3) is 2.23. The van der Waals surface area contributed by atoms with Gasteiger partial charge in [0.2, 0.25) is 0 Å². The van der Waals surface area contributed by atoms with Crippen molar-refractivity contribution in [2.75, 3.05) is 0 Å². The summed E-state index contributed by atoms with van der Waals surface area (Å²) in [7, 11) is 0. The molecule has 120 valence electrons. The van der Waals surface area contributed by atoms with Gasteiger partial charge in [-0.3, -0.25) is 0 Å². The summed E-state index contributed by atoms with van der Waals surface area (Å²) in [6.07, 6.45) is 7.36. The molecule has 0 spiro atoms. The van der Waals surface area contributed by atoms with E-state index in [1.165, 1.54) is 0 Å². The molecule has 0 bridgehead atoms. The monoisotopic (exact) mass is 294 g/mol. The van der Waals surface area contributed by atoms with Gasteiger partial charge in [0.25, 0.3) is 0 Å². The largest absolute Gasteiger partial charge is 0.409 e. The standard InChI is InChI=1S/C17H30N2O2/c1-14(2)7-9-16(5,18(14)20)11-13-12-17(6)10-8-15(3,4)19(17)21-13/h12,20H,7-11H2,1-6H3. The van der Waals surface area contributed by atoms with Crippen LogP contribution in [0.2, 0.25) is 0 Å². The highest BCUT2D eigenvalue weighted by Gasteiger charge is 2.54. The minimum Gasteiger partial charge on any atom is -0.409 e. The SMILES string of the molecule is CC1(C)CCC2(C)C=C(CC3(C)CCC(C)(C)N3O)ON12. The van der Waals surface area contributed by atoms with E-state index in [1.54, 1.807) is 5.06 Å². The molecular formula is C17H30N2O2. The Balaban J connectivity index is 1.78. The molecule has 2 fully saturated rings. The lowest BCUT2D eigenvalue weighted by Crippen LogP contribution is -2.48. The van der Waals surface area contributed by atoms with Gasteiger partial charge in [-0.2, -0.15) is 5.06 Å². The van der Waals surface area contributed by atoms with Crippen LogP contribution in [0, 0.1) is 0 Å². The van der Waals surface area contributed by atoms with Crippen molar-refractivity contribution in [2.24, 2.45) is 0 Å². The highest BCUT2D eigenvalue weighted by molar-refractivity contribution is 5.21. The molecule has 3 rings (SSSR count). The van der Waals surface area contributed by atoms with E-state index in [4.69, 9.17) is 4.84 Å². The second-order valence-corrected chi connectivity index (χ2v) is 8.96. The Morgan fingerprint density at radius 3 is 2.14 bits per heavy atom. The first-order valence-electron chi connectivity index (χ1n) is 8.18. The van der Waals surface area contributed by atoms with Crippen molar-refractivity contribution in [1.82, 2.24) is 10.1 Å². The Morgan fingerprint density at radius 2 is 1.62 bits per heavy atom. The molecule has 3 aliphatic heterocycles. The Hall–Kier alpha value is -0.580. The first-order chi connectivity index (χ1) is 9.49. The van der Waals surface area contributed by atoms with Crippen molar-refractivity contribution < 1.29 is 10.0 Å². The summed E-state index contributed by atoms with van der Waals surface area (Å²) < 4.78 is 0. The average molecular weight is 294 g/mol. The second kappa shape index (κ2) is 4.24. The average Bonchev–Trinajstić information content (AvgIpc) is 2.87. The number of hydroxylamine groups is 4. The fraction of sp³-hybridized carbons (Fsp3) is 0.882. The summed E-state index contributed by atoms with van der Waals surface area (Å²) >= 11 is 0. The minimum absolute atomic E-state index is 0.0175. The molecule has 0 aliphatic carbocycles. The van der Waals surface area contributed by atoms with Gasteiger partial charge in [-0.15, -0.1) is 5.06 Å². The maximum Gasteiger partial charge on any atom is 0.124 e. The van der Waals surface area contributed by atoms with Crippen molar-refractivity contribution >= 4 is 0 Å². The molecule has 0 aromatic rings. The van der Waals surface area contributed by atoms with Crippen LogP contribution in [0.1, 0.15) is 73.6 Å². The summed E-state index contributed by atoms with van der Waals surface area (Å²) in [5.41, 5.74) is -0.270. The predicted octanol–water partition coefficient (Wildman–Crippen LogP) is 3.86. The molecule has 3 aliphatic rings. The van der Waals surface area contributed by atoms with Crippen LogP contribution < -0.4 is 0 Å². The van der Waals surface area contributed by atoms with E-state index in [2.05, 4.69) is 52.7 Å². The fourth-order valence-corrected chi connectivity index (χ4v) is 4.44. The Labute approximate surface area is 128 Å². The van der Waals surface area contributed by atoms with Crippen molar-refractivity contribution in [3.8, 4) is 0 Å². The summed E-state index contributed by atoms with van der Waals surface area (Å²) in [6, 6.07) is 0. The molecule has 4 heteroatoms. The van der Waals surface area contributed by atoms with Crippen molar-refractivity contribution in [3.63, 3.8) is 0 Å². The van der Waals surface area contributed by atoms with Gasteiger partial charge in [-0.05, 0) is 73.3 Å². The summed E-state index contributed by atoms with van der Waals surface area (Å²) in [4.78, 5) is 6.20. The van der Waals surface area contributed by atoms with E-state index in [1.807, 2.05) is 0 Å². The van der Waals surface area contributed by atoms with Gasteiger partial charge in [0.05, 0.1) is 16.6 Å². The van der Waals surface area contributed by atoms with E-state index in [9.17, 15) is 5.21 Å². The highest BCUT2D eigenvalue weighted by Crippen LogP contribution is 2.50. The lowest BCUT2D eigenvalue weighted by atomic mass is 9.92. The van der Waals surface area contributed by atoms with Crippen LogP contribution in [-0.4, -0.2) is 37.5 Å². The maximum absolute atomic E-state index is 10.5. The number of fused-ring (bicyclic) bond motifs is 1. The van der Waals surface area contributed by atoms with E-state index in [0.717, 1.165) is 37.9 Å².